The van der Waals surface area contributed by atoms with Crippen LogP contribution in [0, 0.1) is 10.1 Å². The molecule has 1 rings (SSSR count). The van der Waals surface area contributed by atoms with Crippen molar-refractivity contribution in [2.75, 3.05) is 13.7 Å². The number of rotatable bonds is 6. The molecule has 0 fully saturated rings. The molecule has 1 aromatic carbocycles. The molecule has 1 aromatic rings. The molecule has 0 spiro atoms. The number of nitro groups is 1. The number of benzene rings is 1. The number of carboxylic acids is 2. The van der Waals surface area contributed by atoms with E-state index in [4.69, 9.17) is 24.5 Å². The van der Waals surface area contributed by atoms with Gasteiger partial charge in [0.1, 0.15) is 0 Å². The third-order valence-electron chi connectivity index (χ3n) is 2.40. The van der Waals surface area contributed by atoms with E-state index in [1.54, 1.807) is 19.2 Å². The highest BCUT2D eigenvalue weighted by Crippen LogP contribution is 2.11. The van der Waals surface area contributed by atoms with Crippen LogP contribution < -0.4 is 5.32 Å². The van der Waals surface area contributed by atoms with Crippen LogP contribution in [-0.4, -0.2) is 46.8 Å². The Balaban J connectivity index is 0.000000626. The summed E-state index contributed by atoms with van der Waals surface area (Å²) in [6.45, 7) is 3.35. The average Bonchev–Trinajstić information content (AvgIpc) is 2.46. The summed E-state index contributed by atoms with van der Waals surface area (Å²) in [4.78, 5) is 28.2. The SMILES string of the molecule is COCC(C)NCc1ccc([N+](=O)[O-])cc1.O=C(O)C(=O)O. The first-order valence-electron chi connectivity index (χ1n) is 6.19. The zero-order valence-electron chi connectivity index (χ0n) is 12.2. The molecule has 0 aliphatic rings. The van der Waals surface area contributed by atoms with Crippen LogP contribution >= 0.6 is 0 Å². The molecule has 9 nitrogen and oxygen atoms in total. The summed E-state index contributed by atoms with van der Waals surface area (Å²) < 4.78 is 4.99. The highest BCUT2D eigenvalue weighted by Gasteiger charge is 2.05. The van der Waals surface area contributed by atoms with Crippen LogP contribution in [0.5, 0.6) is 0 Å². The van der Waals surface area contributed by atoms with Crippen molar-refractivity contribution < 1.29 is 29.5 Å². The van der Waals surface area contributed by atoms with Crippen LogP contribution in [-0.2, 0) is 20.9 Å². The van der Waals surface area contributed by atoms with E-state index in [0.29, 0.717) is 13.2 Å². The lowest BCUT2D eigenvalue weighted by atomic mass is 10.2. The van der Waals surface area contributed by atoms with Gasteiger partial charge >= 0.3 is 11.9 Å². The monoisotopic (exact) mass is 314 g/mol. The smallest absolute Gasteiger partial charge is 0.414 e. The fourth-order valence-corrected chi connectivity index (χ4v) is 1.34. The molecule has 0 saturated heterocycles. The lowest BCUT2D eigenvalue weighted by molar-refractivity contribution is -0.384. The van der Waals surface area contributed by atoms with Crippen LogP contribution in [0.4, 0.5) is 5.69 Å². The fraction of sp³-hybridized carbons (Fsp3) is 0.385. The number of hydrogen-bond donors (Lipinski definition) is 3. The Morgan fingerprint density at radius 2 is 1.77 bits per heavy atom. The molecule has 122 valence electrons. The number of nitro benzene ring substituents is 1. The number of nitrogens with zero attached hydrogens (tertiary/aromatic N) is 1. The number of non-ortho nitro benzene ring substituents is 1. The van der Waals surface area contributed by atoms with Gasteiger partial charge in [0, 0.05) is 31.8 Å². The van der Waals surface area contributed by atoms with Gasteiger partial charge in [-0.05, 0) is 12.5 Å². The van der Waals surface area contributed by atoms with Gasteiger partial charge in [-0.25, -0.2) is 9.59 Å². The van der Waals surface area contributed by atoms with E-state index < -0.39 is 16.9 Å². The van der Waals surface area contributed by atoms with Crippen molar-refractivity contribution in [1.82, 2.24) is 5.32 Å². The van der Waals surface area contributed by atoms with Crippen molar-refractivity contribution in [3.63, 3.8) is 0 Å². The van der Waals surface area contributed by atoms with Gasteiger partial charge < -0.3 is 20.3 Å². The molecule has 1 atom stereocenters. The molecule has 0 heterocycles. The Hall–Kier alpha value is -2.52. The molecule has 9 heteroatoms. The maximum absolute atomic E-state index is 10.4. The zero-order chi connectivity index (χ0) is 17.1. The maximum atomic E-state index is 10.4. The first-order valence-corrected chi connectivity index (χ1v) is 6.19. The van der Waals surface area contributed by atoms with Crippen LogP contribution in [0.15, 0.2) is 24.3 Å². The van der Waals surface area contributed by atoms with Gasteiger partial charge in [0.2, 0.25) is 0 Å². The predicted molar refractivity (Wildman–Crippen MR) is 76.5 cm³/mol. The number of methoxy groups -OCH3 is 1. The van der Waals surface area contributed by atoms with E-state index in [1.165, 1.54) is 12.1 Å². The fourth-order valence-electron chi connectivity index (χ4n) is 1.34. The number of aliphatic carboxylic acids is 2. The maximum Gasteiger partial charge on any atom is 0.414 e. The number of nitrogens with one attached hydrogen (secondary N) is 1. The molecule has 0 saturated carbocycles. The highest BCUT2D eigenvalue weighted by atomic mass is 16.6. The van der Waals surface area contributed by atoms with E-state index >= 15 is 0 Å². The third-order valence-corrected chi connectivity index (χ3v) is 2.40. The summed E-state index contributed by atoms with van der Waals surface area (Å²) in [7, 11) is 1.66. The molecule has 0 aliphatic carbocycles. The Kier molecular flexibility index (Phi) is 9.07. The van der Waals surface area contributed by atoms with Crippen LogP contribution in [0.25, 0.3) is 0 Å². The van der Waals surface area contributed by atoms with Gasteiger partial charge in [-0.1, -0.05) is 12.1 Å². The molecule has 0 bridgehead atoms. The first-order chi connectivity index (χ1) is 10.3. The summed E-state index contributed by atoms with van der Waals surface area (Å²) in [5, 5.41) is 28.5. The Morgan fingerprint density at radius 1 is 1.27 bits per heavy atom. The lowest BCUT2D eigenvalue weighted by Gasteiger charge is -2.12. The first kappa shape index (κ1) is 19.5. The minimum atomic E-state index is -1.82. The van der Waals surface area contributed by atoms with Gasteiger partial charge in [0.15, 0.2) is 0 Å². The number of carbonyl (C=O) groups is 2. The molecule has 0 aliphatic heterocycles. The minimum absolute atomic E-state index is 0.119. The average molecular weight is 314 g/mol. The van der Waals surface area contributed by atoms with Crippen LogP contribution in [0.1, 0.15) is 12.5 Å². The second kappa shape index (κ2) is 10.2. The van der Waals surface area contributed by atoms with Crippen LogP contribution in [0.2, 0.25) is 0 Å². The quantitative estimate of drug-likeness (QED) is 0.399. The van der Waals surface area contributed by atoms with E-state index in [1.807, 2.05) is 6.92 Å². The van der Waals surface area contributed by atoms with E-state index in [0.717, 1.165) is 5.56 Å². The topological polar surface area (TPSA) is 139 Å². The Labute approximate surface area is 126 Å². The summed E-state index contributed by atoms with van der Waals surface area (Å²) in [6, 6.07) is 6.80. The molecule has 0 aromatic heterocycles. The van der Waals surface area contributed by atoms with Crippen molar-refractivity contribution in [2.24, 2.45) is 0 Å². The predicted octanol–water partition coefficient (Wildman–Crippen LogP) is 0.875. The third kappa shape index (κ3) is 8.61. The van der Waals surface area contributed by atoms with Crippen molar-refractivity contribution in [2.45, 2.75) is 19.5 Å². The van der Waals surface area contributed by atoms with Crippen molar-refractivity contribution in [3.8, 4) is 0 Å². The van der Waals surface area contributed by atoms with Crippen molar-refractivity contribution in [3.05, 3.63) is 39.9 Å². The number of ether oxygens (including phenoxy) is 1. The highest BCUT2D eigenvalue weighted by molar-refractivity contribution is 6.27. The molecule has 22 heavy (non-hydrogen) atoms. The zero-order valence-corrected chi connectivity index (χ0v) is 12.2. The molecule has 0 amide bonds. The summed E-state index contributed by atoms with van der Waals surface area (Å²) in [6.07, 6.45) is 0. The summed E-state index contributed by atoms with van der Waals surface area (Å²) in [5.41, 5.74) is 1.14. The van der Waals surface area contributed by atoms with Crippen molar-refractivity contribution in [1.29, 1.82) is 0 Å². The minimum Gasteiger partial charge on any atom is -0.473 e. The second-order valence-corrected chi connectivity index (χ2v) is 4.27. The van der Waals surface area contributed by atoms with Gasteiger partial charge in [-0.15, -0.1) is 0 Å². The molecule has 1 unspecified atom stereocenters. The number of hydrogen-bond acceptors (Lipinski definition) is 6. The summed E-state index contributed by atoms with van der Waals surface area (Å²) >= 11 is 0. The van der Waals surface area contributed by atoms with Gasteiger partial charge in [0.25, 0.3) is 5.69 Å². The molecule has 0 radical (unpaired) electrons. The largest absolute Gasteiger partial charge is 0.473 e. The lowest BCUT2D eigenvalue weighted by Crippen LogP contribution is -2.29. The van der Waals surface area contributed by atoms with E-state index in [9.17, 15) is 10.1 Å². The summed E-state index contributed by atoms with van der Waals surface area (Å²) in [5.74, 6) is -3.65. The molecular formula is C13H18N2O7. The molecular weight excluding hydrogens is 296 g/mol. The normalized spacial score (nSPS) is 11.0. The van der Waals surface area contributed by atoms with Gasteiger partial charge in [0.05, 0.1) is 11.5 Å². The number of carboxylic acid groups (broad SMARTS) is 2. The molecule has 3 N–H and O–H groups in total. The second-order valence-electron chi connectivity index (χ2n) is 4.27. The Bertz CT molecular complexity index is 490. The van der Waals surface area contributed by atoms with E-state index in [-0.39, 0.29) is 11.7 Å². The van der Waals surface area contributed by atoms with Gasteiger partial charge in [-0.2, -0.15) is 0 Å². The Morgan fingerprint density at radius 3 is 2.14 bits per heavy atom. The standard InChI is InChI=1S/C11H16N2O3.C2H2O4/c1-9(8-16-2)12-7-10-3-5-11(6-4-10)13(14)15;3-1(4)2(5)6/h3-6,9,12H,7-8H2,1-2H3;(H,3,4)(H,5,6). The van der Waals surface area contributed by atoms with Gasteiger partial charge in [-0.3, -0.25) is 10.1 Å². The van der Waals surface area contributed by atoms with E-state index in [2.05, 4.69) is 5.32 Å². The van der Waals surface area contributed by atoms with Crippen molar-refractivity contribution >= 4 is 17.6 Å². The van der Waals surface area contributed by atoms with Crippen LogP contribution in [0.3, 0.4) is 0 Å².